The minimum Gasteiger partial charge on any atom is -0.387 e. The van der Waals surface area contributed by atoms with Crippen LogP contribution in [0.2, 0.25) is 0 Å². The number of alkyl halides is 2. The number of hydrogen-bond acceptors (Lipinski definition) is 5. The van der Waals surface area contributed by atoms with E-state index >= 15 is 0 Å². The molecule has 0 amide bonds. The largest absolute Gasteiger partial charge is 0.387 e. The molecule has 1 aromatic rings. The third-order valence-corrected chi connectivity index (χ3v) is 3.88. The summed E-state index contributed by atoms with van der Waals surface area (Å²) in [4.78, 5) is 0. The topological polar surface area (TPSA) is 57.2 Å². The summed E-state index contributed by atoms with van der Waals surface area (Å²) in [6.45, 7) is 0.333. The average Bonchev–Trinajstić information content (AvgIpc) is 2.57. The van der Waals surface area contributed by atoms with Gasteiger partial charge in [0.2, 0.25) is 0 Å². The first-order chi connectivity index (χ1) is 10.7. The highest BCUT2D eigenvalue weighted by atomic mass is 35.5. The molecule has 0 aromatic heterocycles. The van der Waals surface area contributed by atoms with E-state index in [4.69, 9.17) is 30.5 Å². The van der Waals surface area contributed by atoms with Crippen molar-refractivity contribution < 1.29 is 28.4 Å². The van der Waals surface area contributed by atoms with Crippen LogP contribution in [-0.2, 0) is 18.9 Å². The molecule has 5 nitrogen and oxygen atoms in total. The quantitative estimate of drug-likeness (QED) is 0.852. The Kier molecular flexibility index (Phi) is 5.28. The van der Waals surface area contributed by atoms with Gasteiger partial charge < -0.3 is 24.1 Å². The van der Waals surface area contributed by atoms with Gasteiger partial charge in [0.15, 0.2) is 18.8 Å². The minimum atomic E-state index is -1.70. The van der Waals surface area contributed by atoms with Gasteiger partial charge in [-0.15, -0.1) is 11.6 Å². The summed E-state index contributed by atoms with van der Waals surface area (Å²) in [5, 5.41) is 10.2. The molecule has 7 heteroatoms. The third kappa shape index (κ3) is 3.27. The molecule has 0 saturated carbocycles. The first-order valence-electron chi connectivity index (χ1n) is 7.18. The summed E-state index contributed by atoms with van der Waals surface area (Å²) in [7, 11) is 0. The number of ether oxygens (including phenoxy) is 4. The smallest absolute Gasteiger partial charge is 0.192 e. The average molecular weight is 333 g/mol. The zero-order chi connectivity index (χ0) is 15.5. The zero-order valence-corrected chi connectivity index (χ0v) is 12.6. The standard InChI is InChI=1S/C15H18ClFO5/c16-6-7-19-15-11(17)12(18)13-10(21-15)8-20-14(22-13)9-4-2-1-3-5-9/h1-5,10-15,18H,6-8H2/t10-,11-,12-,13-,14?,15-/m1/s1. The van der Waals surface area contributed by atoms with E-state index < -0.39 is 37.1 Å². The third-order valence-electron chi connectivity index (χ3n) is 3.72. The van der Waals surface area contributed by atoms with Gasteiger partial charge in [-0.2, -0.15) is 0 Å². The molecule has 6 atom stereocenters. The van der Waals surface area contributed by atoms with Crippen molar-refractivity contribution in [3.05, 3.63) is 35.9 Å². The first kappa shape index (κ1) is 16.1. The van der Waals surface area contributed by atoms with Crippen LogP contribution in [0.15, 0.2) is 30.3 Å². The van der Waals surface area contributed by atoms with Gasteiger partial charge in [-0.05, 0) is 0 Å². The van der Waals surface area contributed by atoms with Gasteiger partial charge in [-0.25, -0.2) is 4.39 Å². The number of aliphatic hydroxyl groups excluding tert-OH is 1. The Morgan fingerprint density at radius 1 is 1.27 bits per heavy atom. The number of halogens is 2. The fraction of sp³-hybridized carbons (Fsp3) is 0.600. The monoisotopic (exact) mass is 332 g/mol. The Hall–Kier alpha value is -0.760. The van der Waals surface area contributed by atoms with Crippen LogP contribution in [0.1, 0.15) is 11.9 Å². The van der Waals surface area contributed by atoms with Gasteiger partial charge in [-0.3, -0.25) is 0 Å². The summed E-state index contributed by atoms with van der Waals surface area (Å²) in [5.41, 5.74) is 0.809. The van der Waals surface area contributed by atoms with E-state index in [0.29, 0.717) is 0 Å². The lowest BCUT2D eigenvalue weighted by Crippen LogP contribution is -2.61. The number of aliphatic hydroxyl groups is 1. The zero-order valence-electron chi connectivity index (χ0n) is 11.8. The molecule has 1 unspecified atom stereocenters. The van der Waals surface area contributed by atoms with Crippen LogP contribution in [0.3, 0.4) is 0 Å². The SMILES string of the molecule is O[C@@H]1[C@@H](F)[C@H](OCCCl)O[C@@H]2COC(c3ccccc3)O[C@@H]12. The summed E-state index contributed by atoms with van der Waals surface area (Å²) in [5.74, 6) is 0.222. The normalized spacial score (nSPS) is 38.5. The number of rotatable bonds is 4. The van der Waals surface area contributed by atoms with Crippen molar-refractivity contribution in [2.24, 2.45) is 0 Å². The van der Waals surface area contributed by atoms with Gasteiger partial charge in [-0.1, -0.05) is 30.3 Å². The Morgan fingerprint density at radius 3 is 2.77 bits per heavy atom. The predicted molar refractivity (Wildman–Crippen MR) is 76.2 cm³/mol. The van der Waals surface area contributed by atoms with Gasteiger partial charge >= 0.3 is 0 Å². The molecule has 2 aliphatic heterocycles. The summed E-state index contributed by atoms with van der Waals surface area (Å²) in [6, 6.07) is 9.29. The molecule has 122 valence electrons. The Labute approximate surface area is 132 Å². The van der Waals surface area contributed by atoms with Crippen LogP contribution in [0.5, 0.6) is 0 Å². The maximum absolute atomic E-state index is 14.2. The lowest BCUT2D eigenvalue weighted by molar-refractivity contribution is -0.352. The molecule has 2 fully saturated rings. The molecule has 1 aromatic carbocycles. The molecule has 2 aliphatic rings. The highest BCUT2D eigenvalue weighted by Crippen LogP contribution is 2.35. The molecule has 3 rings (SSSR count). The van der Waals surface area contributed by atoms with Gasteiger partial charge in [0.25, 0.3) is 0 Å². The second-order valence-corrected chi connectivity index (χ2v) is 5.59. The molecule has 1 N–H and O–H groups in total. The molecule has 22 heavy (non-hydrogen) atoms. The van der Waals surface area contributed by atoms with Crippen LogP contribution in [0.4, 0.5) is 4.39 Å². The van der Waals surface area contributed by atoms with E-state index in [-0.39, 0.29) is 19.1 Å². The van der Waals surface area contributed by atoms with E-state index in [9.17, 15) is 9.50 Å². The van der Waals surface area contributed by atoms with Crippen molar-refractivity contribution in [2.75, 3.05) is 19.1 Å². The van der Waals surface area contributed by atoms with Crippen molar-refractivity contribution >= 4 is 11.6 Å². The molecular weight excluding hydrogens is 315 g/mol. The van der Waals surface area contributed by atoms with Gasteiger partial charge in [0.1, 0.15) is 18.3 Å². The first-order valence-corrected chi connectivity index (χ1v) is 7.71. The lowest BCUT2D eigenvalue weighted by atomic mass is 9.99. The van der Waals surface area contributed by atoms with Crippen LogP contribution in [0, 0.1) is 0 Å². The van der Waals surface area contributed by atoms with Crippen LogP contribution >= 0.6 is 11.6 Å². The molecule has 2 saturated heterocycles. The van der Waals surface area contributed by atoms with E-state index in [1.54, 1.807) is 0 Å². The number of fused-ring (bicyclic) bond motifs is 1. The van der Waals surface area contributed by atoms with Crippen molar-refractivity contribution in [2.45, 2.75) is 37.1 Å². The lowest BCUT2D eigenvalue weighted by Gasteiger charge is -2.45. The second kappa shape index (κ2) is 7.21. The summed E-state index contributed by atoms with van der Waals surface area (Å²) < 4.78 is 36.2. The van der Waals surface area contributed by atoms with Crippen molar-refractivity contribution in [1.82, 2.24) is 0 Å². The summed E-state index contributed by atoms with van der Waals surface area (Å²) >= 11 is 5.51. The highest BCUT2D eigenvalue weighted by molar-refractivity contribution is 6.17. The number of benzene rings is 1. The summed E-state index contributed by atoms with van der Waals surface area (Å²) in [6.07, 6.45) is -6.22. The molecule has 0 bridgehead atoms. The minimum absolute atomic E-state index is 0.144. The van der Waals surface area contributed by atoms with Gasteiger partial charge in [0, 0.05) is 11.4 Å². The molecule has 2 heterocycles. The Balaban J connectivity index is 1.67. The molecular formula is C15H18ClFO5. The van der Waals surface area contributed by atoms with Crippen molar-refractivity contribution in [1.29, 1.82) is 0 Å². The fourth-order valence-corrected chi connectivity index (χ4v) is 2.72. The molecule has 0 aliphatic carbocycles. The molecule has 0 spiro atoms. The van der Waals surface area contributed by atoms with E-state index in [2.05, 4.69) is 0 Å². The number of hydrogen-bond donors (Lipinski definition) is 1. The Bertz CT molecular complexity index is 474. The van der Waals surface area contributed by atoms with E-state index in [0.717, 1.165) is 5.56 Å². The van der Waals surface area contributed by atoms with Crippen molar-refractivity contribution in [3.63, 3.8) is 0 Å². The predicted octanol–water partition coefficient (Wildman–Crippen LogP) is 1.78. The van der Waals surface area contributed by atoms with Crippen LogP contribution in [-0.4, -0.2) is 55.0 Å². The maximum atomic E-state index is 14.2. The Morgan fingerprint density at radius 2 is 2.05 bits per heavy atom. The van der Waals surface area contributed by atoms with Gasteiger partial charge in [0.05, 0.1) is 13.2 Å². The molecule has 0 radical (unpaired) electrons. The van der Waals surface area contributed by atoms with Crippen LogP contribution in [0.25, 0.3) is 0 Å². The second-order valence-electron chi connectivity index (χ2n) is 5.21. The highest BCUT2D eigenvalue weighted by Gasteiger charge is 2.50. The van der Waals surface area contributed by atoms with E-state index in [1.807, 2.05) is 30.3 Å². The van der Waals surface area contributed by atoms with E-state index in [1.165, 1.54) is 0 Å². The van der Waals surface area contributed by atoms with Crippen LogP contribution < -0.4 is 0 Å². The fourth-order valence-electron chi connectivity index (χ4n) is 2.63. The van der Waals surface area contributed by atoms with Crippen molar-refractivity contribution in [3.8, 4) is 0 Å². The maximum Gasteiger partial charge on any atom is 0.192 e.